The van der Waals surface area contributed by atoms with Crippen LogP contribution in [0.3, 0.4) is 0 Å². The fraction of sp³-hybridized carbons (Fsp3) is 0.462. The molecule has 1 atom stereocenters. The van der Waals surface area contributed by atoms with Crippen molar-refractivity contribution in [1.29, 1.82) is 0 Å². The van der Waals surface area contributed by atoms with E-state index in [4.69, 9.17) is 9.84 Å². The van der Waals surface area contributed by atoms with Crippen molar-refractivity contribution in [2.75, 3.05) is 6.61 Å². The molecular formula is C13H18O3. The average Bonchev–Trinajstić information content (AvgIpc) is 2.28. The number of carboxylic acids is 1. The predicted molar refractivity (Wildman–Crippen MR) is 62.7 cm³/mol. The molecule has 1 rings (SSSR count). The molecule has 1 aromatic rings. The number of hydrogen-bond acceptors (Lipinski definition) is 2. The normalized spacial score (nSPS) is 12.1. The Labute approximate surface area is 96.1 Å². The minimum atomic E-state index is -0.758. The van der Waals surface area contributed by atoms with Gasteiger partial charge in [-0.2, -0.15) is 0 Å². The molecule has 0 fully saturated rings. The van der Waals surface area contributed by atoms with Crippen LogP contribution in [0.25, 0.3) is 0 Å². The van der Waals surface area contributed by atoms with Gasteiger partial charge in [0.25, 0.3) is 0 Å². The van der Waals surface area contributed by atoms with Crippen molar-refractivity contribution >= 4 is 5.97 Å². The number of hydrogen-bond donors (Lipinski definition) is 1. The van der Waals surface area contributed by atoms with Gasteiger partial charge in [-0.05, 0) is 30.5 Å². The molecule has 0 aromatic heterocycles. The smallest absolute Gasteiger partial charge is 0.306 e. The van der Waals surface area contributed by atoms with E-state index in [0.717, 1.165) is 17.7 Å². The van der Waals surface area contributed by atoms with E-state index in [-0.39, 0.29) is 5.92 Å². The minimum Gasteiger partial charge on any atom is -0.494 e. The van der Waals surface area contributed by atoms with Crippen LogP contribution in [0.2, 0.25) is 0 Å². The molecule has 0 spiro atoms. The summed E-state index contributed by atoms with van der Waals surface area (Å²) in [5.74, 6) is -0.262. The highest BCUT2D eigenvalue weighted by atomic mass is 16.5. The molecule has 0 aliphatic rings. The fourth-order valence-electron chi connectivity index (χ4n) is 1.38. The summed E-state index contributed by atoms with van der Waals surface area (Å²) in [6, 6.07) is 7.62. The Balaban J connectivity index is 2.54. The number of aliphatic carboxylic acids is 1. The van der Waals surface area contributed by atoms with Gasteiger partial charge < -0.3 is 9.84 Å². The maximum Gasteiger partial charge on any atom is 0.306 e. The minimum absolute atomic E-state index is 0.345. The summed E-state index contributed by atoms with van der Waals surface area (Å²) in [7, 11) is 0. The Morgan fingerprint density at radius 1 is 1.38 bits per heavy atom. The van der Waals surface area contributed by atoms with Crippen molar-refractivity contribution in [3.8, 4) is 5.75 Å². The van der Waals surface area contributed by atoms with E-state index in [1.165, 1.54) is 0 Å². The van der Waals surface area contributed by atoms with Gasteiger partial charge in [0.1, 0.15) is 5.75 Å². The van der Waals surface area contributed by atoms with E-state index in [0.29, 0.717) is 13.0 Å². The van der Waals surface area contributed by atoms with Crippen LogP contribution < -0.4 is 4.74 Å². The second kappa shape index (κ2) is 6.16. The molecule has 0 saturated heterocycles. The molecule has 0 radical (unpaired) electrons. The van der Waals surface area contributed by atoms with Gasteiger partial charge in [-0.15, -0.1) is 0 Å². The Morgan fingerprint density at radius 3 is 2.50 bits per heavy atom. The van der Waals surface area contributed by atoms with Crippen LogP contribution in [-0.4, -0.2) is 17.7 Å². The molecule has 0 amide bonds. The molecule has 0 heterocycles. The highest BCUT2D eigenvalue weighted by Crippen LogP contribution is 2.15. The number of carboxylic acid groups (broad SMARTS) is 1. The fourth-order valence-corrected chi connectivity index (χ4v) is 1.38. The third-order valence-electron chi connectivity index (χ3n) is 2.36. The van der Waals surface area contributed by atoms with Crippen LogP contribution in [-0.2, 0) is 11.2 Å². The molecule has 16 heavy (non-hydrogen) atoms. The van der Waals surface area contributed by atoms with Gasteiger partial charge in [-0.1, -0.05) is 26.0 Å². The van der Waals surface area contributed by atoms with Crippen molar-refractivity contribution < 1.29 is 14.6 Å². The van der Waals surface area contributed by atoms with E-state index >= 15 is 0 Å². The van der Waals surface area contributed by atoms with Crippen molar-refractivity contribution in [2.24, 2.45) is 5.92 Å². The van der Waals surface area contributed by atoms with Gasteiger partial charge in [0.2, 0.25) is 0 Å². The largest absolute Gasteiger partial charge is 0.494 e. The maximum absolute atomic E-state index is 10.7. The zero-order valence-electron chi connectivity index (χ0n) is 9.77. The van der Waals surface area contributed by atoms with Gasteiger partial charge in [0.05, 0.1) is 12.5 Å². The lowest BCUT2D eigenvalue weighted by molar-refractivity contribution is -0.141. The average molecular weight is 222 g/mol. The van der Waals surface area contributed by atoms with Crippen molar-refractivity contribution in [3.05, 3.63) is 29.8 Å². The van der Waals surface area contributed by atoms with Crippen molar-refractivity contribution in [3.63, 3.8) is 0 Å². The molecule has 0 aliphatic heterocycles. The second-order valence-corrected chi connectivity index (χ2v) is 3.94. The standard InChI is InChI=1S/C13H18O3/c1-3-8-16-12-6-4-11(5-7-12)9-10(2)13(14)15/h4-7,10H,3,8-9H2,1-2H3,(H,14,15). The Morgan fingerprint density at radius 2 is 2.00 bits per heavy atom. The first-order valence-corrected chi connectivity index (χ1v) is 5.58. The number of benzene rings is 1. The lowest BCUT2D eigenvalue weighted by atomic mass is 10.0. The maximum atomic E-state index is 10.7. The Bertz CT molecular complexity index is 330. The summed E-state index contributed by atoms with van der Waals surface area (Å²) < 4.78 is 5.45. The first kappa shape index (κ1) is 12.6. The molecule has 1 N–H and O–H groups in total. The first-order valence-electron chi connectivity index (χ1n) is 5.58. The Kier molecular flexibility index (Phi) is 4.83. The monoisotopic (exact) mass is 222 g/mol. The van der Waals surface area contributed by atoms with Crippen LogP contribution in [0.5, 0.6) is 5.75 Å². The lowest BCUT2D eigenvalue weighted by Gasteiger charge is -2.08. The molecule has 3 nitrogen and oxygen atoms in total. The SMILES string of the molecule is CCCOc1ccc(CC(C)C(=O)O)cc1. The number of rotatable bonds is 6. The van der Waals surface area contributed by atoms with Crippen LogP contribution in [0, 0.1) is 5.92 Å². The molecule has 0 saturated carbocycles. The van der Waals surface area contributed by atoms with E-state index in [1.54, 1.807) is 6.92 Å². The van der Waals surface area contributed by atoms with Crippen LogP contribution in [0.15, 0.2) is 24.3 Å². The quantitative estimate of drug-likeness (QED) is 0.805. The van der Waals surface area contributed by atoms with Crippen LogP contribution >= 0.6 is 0 Å². The summed E-state index contributed by atoms with van der Waals surface area (Å²) in [6.07, 6.45) is 1.54. The van der Waals surface area contributed by atoms with Gasteiger partial charge in [-0.3, -0.25) is 4.79 Å². The van der Waals surface area contributed by atoms with Gasteiger partial charge >= 0.3 is 5.97 Å². The molecular weight excluding hydrogens is 204 g/mol. The van der Waals surface area contributed by atoms with E-state index in [2.05, 4.69) is 6.92 Å². The zero-order valence-corrected chi connectivity index (χ0v) is 9.77. The summed E-state index contributed by atoms with van der Waals surface area (Å²) in [5.41, 5.74) is 1.03. The van der Waals surface area contributed by atoms with Crippen LogP contribution in [0.4, 0.5) is 0 Å². The second-order valence-electron chi connectivity index (χ2n) is 3.94. The lowest BCUT2D eigenvalue weighted by Crippen LogP contribution is -2.12. The molecule has 3 heteroatoms. The Hall–Kier alpha value is -1.51. The highest BCUT2D eigenvalue weighted by Gasteiger charge is 2.11. The molecule has 0 aliphatic carbocycles. The summed E-state index contributed by atoms with van der Waals surface area (Å²) in [4.78, 5) is 10.7. The number of carbonyl (C=O) groups is 1. The van der Waals surface area contributed by atoms with E-state index in [1.807, 2.05) is 24.3 Å². The summed E-state index contributed by atoms with van der Waals surface area (Å²) >= 11 is 0. The zero-order chi connectivity index (χ0) is 12.0. The van der Waals surface area contributed by atoms with Gasteiger partial charge in [0.15, 0.2) is 0 Å². The van der Waals surface area contributed by atoms with Gasteiger partial charge in [0, 0.05) is 0 Å². The molecule has 1 unspecified atom stereocenters. The first-order chi connectivity index (χ1) is 7.63. The van der Waals surface area contributed by atoms with Crippen molar-refractivity contribution in [1.82, 2.24) is 0 Å². The van der Waals surface area contributed by atoms with Crippen molar-refractivity contribution in [2.45, 2.75) is 26.7 Å². The van der Waals surface area contributed by atoms with E-state index in [9.17, 15) is 4.79 Å². The predicted octanol–water partition coefficient (Wildman–Crippen LogP) is 2.74. The highest BCUT2D eigenvalue weighted by molar-refractivity contribution is 5.69. The van der Waals surface area contributed by atoms with E-state index < -0.39 is 5.97 Å². The topological polar surface area (TPSA) is 46.5 Å². The third kappa shape index (κ3) is 3.93. The van der Waals surface area contributed by atoms with Gasteiger partial charge in [-0.25, -0.2) is 0 Å². The molecule has 88 valence electrons. The summed E-state index contributed by atoms with van der Waals surface area (Å²) in [5, 5.41) is 8.79. The molecule has 1 aromatic carbocycles. The third-order valence-corrected chi connectivity index (χ3v) is 2.36. The number of ether oxygens (including phenoxy) is 1. The van der Waals surface area contributed by atoms with Crippen LogP contribution in [0.1, 0.15) is 25.8 Å². The summed E-state index contributed by atoms with van der Waals surface area (Å²) in [6.45, 7) is 4.48. The molecule has 0 bridgehead atoms.